The molecule has 0 radical (unpaired) electrons. The monoisotopic (exact) mass is 420 g/mol. The van der Waals surface area contributed by atoms with Crippen molar-refractivity contribution in [3.05, 3.63) is 65.7 Å². The van der Waals surface area contributed by atoms with Crippen LogP contribution >= 0.6 is 0 Å². The number of carbonyl (C=O) groups excluding carboxylic acids is 4. The zero-order valence-electron chi connectivity index (χ0n) is 17.2. The first-order valence-corrected chi connectivity index (χ1v) is 10.3. The van der Waals surface area contributed by atoms with Gasteiger partial charge in [-0.05, 0) is 29.7 Å². The van der Waals surface area contributed by atoms with Crippen LogP contribution in [0.15, 0.2) is 54.6 Å². The molecule has 2 N–H and O–H groups in total. The van der Waals surface area contributed by atoms with Gasteiger partial charge >= 0.3 is 6.03 Å². The van der Waals surface area contributed by atoms with E-state index in [1.165, 1.54) is 0 Å². The number of nitrogens with zero attached hydrogens (tertiary/aromatic N) is 2. The molecule has 0 bridgehead atoms. The number of amides is 5. The molecular weight excluding hydrogens is 396 g/mol. The Hall–Kier alpha value is -3.68. The summed E-state index contributed by atoms with van der Waals surface area (Å²) in [7, 11) is 1.55. The third kappa shape index (κ3) is 4.01. The lowest BCUT2D eigenvalue weighted by Gasteiger charge is -2.36. The topological polar surface area (TPSA) is 98.8 Å². The van der Waals surface area contributed by atoms with Gasteiger partial charge in [0.25, 0.3) is 5.91 Å². The molecule has 0 aromatic heterocycles. The standard InChI is InChI=1S/C23H24N4O4/c1-24-21(29)19-13-15-7-5-6-8-16(15)14-26(19)20(28)12-11-18-22(30)27(23(31)25-18)17-9-3-2-4-10-17/h2-10,18-19H,11-14H2,1H3,(H,24,29)(H,25,31)/t18-,19+/m1/s1. The number of para-hydroxylation sites is 1. The van der Waals surface area contributed by atoms with E-state index in [-0.39, 0.29) is 30.6 Å². The maximum absolute atomic E-state index is 13.0. The maximum atomic E-state index is 13.0. The van der Waals surface area contributed by atoms with Crippen molar-refractivity contribution >= 4 is 29.4 Å². The normalized spacial score (nSPS) is 20.3. The summed E-state index contributed by atoms with van der Waals surface area (Å²) in [4.78, 5) is 53.2. The summed E-state index contributed by atoms with van der Waals surface area (Å²) in [6, 6.07) is 14.6. The molecule has 31 heavy (non-hydrogen) atoms. The molecule has 0 unspecified atom stereocenters. The van der Waals surface area contributed by atoms with E-state index < -0.39 is 18.1 Å². The predicted molar refractivity (Wildman–Crippen MR) is 114 cm³/mol. The molecule has 8 heteroatoms. The van der Waals surface area contributed by atoms with Gasteiger partial charge in [-0.15, -0.1) is 0 Å². The van der Waals surface area contributed by atoms with E-state index >= 15 is 0 Å². The SMILES string of the molecule is CNC(=O)[C@@H]1Cc2ccccc2CN1C(=O)CC[C@H]1NC(=O)N(c2ccccc2)C1=O. The lowest BCUT2D eigenvalue weighted by molar-refractivity contribution is -0.141. The number of urea groups is 1. The molecular formula is C23H24N4O4. The molecule has 0 aliphatic carbocycles. The maximum Gasteiger partial charge on any atom is 0.329 e. The van der Waals surface area contributed by atoms with Gasteiger partial charge in [0.05, 0.1) is 5.69 Å². The highest BCUT2D eigenvalue weighted by molar-refractivity contribution is 6.21. The number of anilines is 1. The Morgan fingerprint density at radius 2 is 1.71 bits per heavy atom. The van der Waals surface area contributed by atoms with Crippen LogP contribution in [-0.2, 0) is 27.3 Å². The van der Waals surface area contributed by atoms with Crippen molar-refractivity contribution < 1.29 is 19.2 Å². The minimum atomic E-state index is -0.771. The second kappa shape index (κ2) is 8.59. The lowest BCUT2D eigenvalue weighted by Crippen LogP contribution is -2.52. The molecule has 5 amide bonds. The summed E-state index contributed by atoms with van der Waals surface area (Å²) in [6.07, 6.45) is 0.669. The van der Waals surface area contributed by atoms with Crippen molar-refractivity contribution in [3.8, 4) is 0 Å². The number of benzene rings is 2. The predicted octanol–water partition coefficient (Wildman–Crippen LogP) is 1.59. The zero-order valence-corrected chi connectivity index (χ0v) is 17.2. The summed E-state index contributed by atoms with van der Waals surface area (Å²) in [5.74, 6) is -0.817. The molecule has 8 nitrogen and oxygen atoms in total. The third-order valence-corrected chi connectivity index (χ3v) is 5.80. The highest BCUT2D eigenvalue weighted by Crippen LogP contribution is 2.25. The van der Waals surface area contributed by atoms with E-state index in [9.17, 15) is 19.2 Å². The zero-order chi connectivity index (χ0) is 22.0. The molecule has 1 saturated heterocycles. The Balaban J connectivity index is 1.45. The van der Waals surface area contributed by atoms with Crippen LogP contribution in [0.2, 0.25) is 0 Å². The van der Waals surface area contributed by atoms with Crippen LogP contribution in [0.5, 0.6) is 0 Å². The molecule has 2 aliphatic heterocycles. The van der Waals surface area contributed by atoms with Crippen molar-refractivity contribution in [2.75, 3.05) is 11.9 Å². The number of hydrogen-bond donors (Lipinski definition) is 2. The Bertz CT molecular complexity index is 1020. The van der Waals surface area contributed by atoms with Crippen LogP contribution < -0.4 is 15.5 Å². The first-order chi connectivity index (χ1) is 15.0. The van der Waals surface area contributed by atoms with Gasteiger partial charge in [-0.1, -0.05) is 42.5 Å². The second-order valence-corrected chi connectivity index (χ2v) is 7.67. The lowest BCUT2D eigenvalue weighted by atomic mass is 9.93. The molecule has 4 rings (SSSR count). The van der Waals surface area contributed by atoms with Gasteiger partial charge in [-0.25, -0.2) is 9.69 Å². The Labute approximate surface area is 180 Å². The van der Waals surface area contributed by atoms with E-state index in [4.69, 9.17) is 0 Å². The third-order valence-electron chi connectivity index (χ3n) is 5.80. The van der Waals surface area contributed by atoms with Gasteiger partial charge in [-0.2, -0.15) is 0 Å². The summed E-state index contributed by atoms with van der Waals surface area (Å²) >= 11 is 0. The minimum absolute atomic E-state index is 0.0506. The molecule has 160 valence electrons. The fourth-order valence-electron chi connectivity index (χ4n) is 4.15. The Morgan fingerprint density at radius 1 is 1.03 bits per heavy atom. The highest BCUT2D eigenvalue weighted by Gasteiger charge is 2.40. The molecule has 1 fully saturated rings. The molecule has 2 atom stereocenters. The summed E-state index contributed by atoms with van der Waals surface area (Å²) in [5.41, 5.74) is 2.56. The van der Waals surface area contributed by atoms with Crippen LogP contribution in [0, 0.1) is 0 Å². The summed E-state index contributed by atoms with van der Waals surface area (Å²) in [5, 5.41) is 5.29. The number of likely N-dealkylation sites (N-methyl/N-ethyl adjacent to an activating group) is 1. The fraction of sp³-hybridized carbons (Fsp3) is 0.304. The highest BCUT2D eigenvalue weighted by atomic mass is 16.2. The van der Waals surface area contributed by atoms with Crippen molar-refractivity contribution in [2.45, 2.75) is 37.9 Å². The number of carbonyl (C=O) groups is 4. The molecule has 2 aliphatic rings. The van der Waals surface area contributed by atoms with Crippen LogP contribution in [0.4, 0.5) is 10.5 Å². The average molecular weight is 420 g/mol. The van der Waals surface area contributed by atoms with E-state index in [1.54, 1.807) is 42.3 Å². The first kappa shape index (κ1) is 20.6. The quantitative estimate of drug-likeness (QED) is 0.718. The van der Waals surface area contributed by atoms with Crippen molar-refractivity contribution in [2.24, 2.45) is 0 Å². The van der Waals surface area contributed by atoms with Crippen LogP contribution in [0.25, 0.3) is 0 Å². The van der Waals surface area contributed by atoms with Crippen LogP contribution in [0.1, 0.15) is 24.0 Å². The van der Waals surface area contributed by atoms with Gasteiger partial charge in [0.1, 0.15) is 12.1 Å². The van der Waals surface area contributed by atoms with Crippen LogP contribution in [0.3, 0.4) is 0 Å². The van der Waals surface area contributed by atoms with E-state index in [0.29, 0.717) is 18.7 Å². The van der Waals surface area contributed by atoms with Crippen LogP contribution in [-0.4, -0.2) is 47.8 Å². The molecule has 2 aromatic carbocycles. The smallest absolute Gasteiger partial charge is 0.329 e. The molecule has 2 heterocycles. The van der Waals surface area contributed by atoms with Gasteiger partial charge in [0, 0.05) is 26.4 Å². The number of fused-ring (bicyclic) bond motifs is 1. The van der Waals surface area contributed by atoms with Gasteiger partial charge in [0.15, 0.2) is 0 Å². The summed E-state index contributed by atoms with van der Waals surface area (Å²) < 4.78 is 0. The molecule has 0 saturated carbocycles. The minimum Gasteiger partial charge on any atom is -0.357 e. The number of imide groups is 1. The van der Waals surface area contributed by atoms with Gasteiger partial charge in [-0.3, -0.25) is 14.4 Å². The van der Waals surface area contributed by atoms with Crippen molar-refractivity contribution in [3.63, 3.8) is 0 Å². The van der Waals surface area contributed by atoms with E-state index in [0.717, 1.165) is 16.0 Å². The molecule has 0 spiro atoms. The number of rotatable bonds is 5. The average Bonchev–Trinajstić information content (AvgIpc) is 3.09. The van der Waals surface area contributed by atoms with Gasteiger partial charge in [0.2, 0.25) is 11.8 Å². The van der Waals surface area contributed by atoms with Crippen molar-refractivity contribution in [1.82, 2.24) is 15.5 Å². The molecule has 2 aromatic rings. The first-order valence-electron chi connectivity index (χ1n) is 10.3. The summed E-state index contributed by atoms with van der Waals surface area (Å²) in [6.45, 7) is 0.341. The van der Waals surface area contributed by atoms with E-state index in [1.807, 2.05) is 24.3 Å². The largest absolute Gasteiger partial charge is 0.357 e. The number of nitrogens with one attached hydrogen (secondary N) is 2. The Morgan fingerprint density at radius 3 is 2.42 bits per heavy atom. The van der Waals surface area contributed by atoms with Crippen molar-refractivity contribution in [1.29, 1.82) is 0 Å². The number of hydrogen-bond acceptors (Lipinski definition) is 4. The Kier molecular flexibility index (Phi) is 5.70. The van der Waals surface area contributed by atoms with Gasteiger partial charge < -0.3 is 15.5 Å². The second-order valence-electron chi connectivity index (χ2n) is 7.67. The van der Waals surface area contributed by atoms with E-state index in [2.05, 4.69) is 10.6 Å². The fourth-order valence-corrected chi connectivity index (χ4v) is 4.15.